The summed E-state index contributed by atoms with van der Waals surface area (Å²) in [5.41, 5.74) is 0.997. The highest BCUT2D eigenvalue weighted by Crippen LogP contribution is 2.28. The lowest BCUT2D eigenvalue weighted by Crippen LogP contribution is -2.22. The lowest BCUT2D eigenvalue weighted by atomic mass is 10.1. The quantitative estimate of drug-likeness (QED) is 0.940. The summed E-state index contributed by atoms with van der Waals surface area (Å²) in [5.74, 6) is -1.01. The Morgan fingerprint density at radius 3 is 2.86 bits per heavy atom. The van der Waals surface area contributed by atoms with Gasteiger partial charge in [-0.05, 0) is 29.8 Å². The van der Waals surface area contributed by atoms with E-state index >= 15 is 0 Å². The zero-order valence-corrected chi connectivity index (χ0v) is 11.1. The van der Waals surface area contributed by atoms with Gasteiger partial charge in [0.05, 0.1) is 5.56 Å². The minimum Gasteiger partial charge on any atom is -0.487 e. The minimum atomic E-state index is -1.17. The molecule has 4 nitrogen and oxygen atoms in total. The van der Waals surface area contributed by atoms with Crippen molar-refractivity contribution in [3.63, 3.8) is 0 Å². The number of ether oxygens (including phenoxy) is 2. The molecule has 0 aromatic heterocycles. The Hall–Kier alpha value is -2.56. The number of halogens is 1. The number of carboxylic acids is 1. The number of para-hydroxylation sites is 1. The Kier molecular flexibility index (Phi) is 3.48. The highest BCUT2D eigenvalue weighted by molar-refractivity contribution is 5.87. The summed E-state index contributed by atoms with van der Waals surface area (Å²) in [6.45, 7) is 0.206. The zero-order chi connectivity index (χ0) is 14.8. The Labute approximate surface area is 120 Å². The van der Waals surface area contributed by atoms with Gasteiger partial charge in [0, 0.05) is 6.42 Å². The van der Waals surface area contributed by atoms with Gasteiger partial charge in [0.25, 0.3) is 0 Å². The van der Waals surface area contributed by atoms with E-state index in [9.17, 15) is 9.18 Å². The molecule has 1 unspecified atom stereocenters. The molecule has 3 rings (SSSR count). The molecular formula is C16H13FO4. The SMILES string of the molecule is O=C(O)c1ccc(OCC2Cc3ccccc3O2)c(F)c1. The molecule has 0 bridgehead atoms. The van der Waals surface area contributed by atoms with Crippen LogP contribution in [0.25, 0.3) is 0 Å². The monoisotopic (exact) mass is 288 g/mol. The summed E-state index contributed by atoms with van der Waals surface area (Å²) in [6, 6.07) is 11.3. The second-order valence-electron chi connectivity index (χ2n) is 4.81. The number of aromatic carboxylic acids is 1. The first kappa shape index (κ1) is 13.4. The Morgan fingerprint density at radius 2 is 2.14 bits per heavy atom. The lowest BCUT2D eigenvalue weighted by molar-refractivity contribution is 0.0696. The molecule has 0 spiro atoms. The number of fused-ring (bicyclic) bond motifs is 1. The van der Waals surface area contributed by atoms with E-state index < -0.39 is 11.8 Å². The summed E-state index contributed by atoms with van der Waals surface area (Å²) in [6.07, 6.45) is 0.548. The maximum atomic E-state index is 13.7. The number of carboxylic acid groups (broad SMARTS) is 1. The molecule has 0 saturated carbocycles. The molecule has 0 saturated heterocycles. The third-order valence-electron chi connectivity index (χ3n) is 3.32. The molecule has 21 heavy (non-hydrogen) atoms. The Morgan fingerprint density at radius 1 is 1.33 bits per heavy atom. The molecule has 0 radical (unpaired) electrons. The molecule has 1 N–H and O–H groups in total. The van der Waals surface area contributed by atoms with Crippen LogP contribution in [0.4, 0.5) is 4.39 Å². The normalized spacial score (nSPS) is 16.1. The molecule has 0 fully saturated rings. The molecule has 0 aliphatic carbocycles. The van der Waals surface area contributed by atoms with E-state index in [1.807, 2.05) is 24.3 Å². The molecule has 2 aromatic rings. The van der Waals surface area contributed by atoms with Crippen molar-refractivity contribution in [1.82, 2.24) is 0 Å². The number of rotatable bonds is 4. The van der Waals surface area contributed by atoms with Gasteiger partial charge >= 0.3 is 5.97 Å². The summed E-state index contributed by atoms with van der Waals surface area (Å²) < 4.78 is 24.8. The second kappa shape index (κ2) is 5.44. The molecule has 2 aromatic carbocycles. The van der Waals surface area contributed by atoms with Gasteiger partial charge in [0.2, 0.25) is 0 Å². The highest BCUT2D eigenvalue weighted by Gasteiger charge is 2.23. The molecule has 1 heterocycles. The van der Waals surface area contributed by atoms with Crippen molar-refractivity contribution in [2.24, 2.45) is 0 Å². The fraction of sp³-hybridized carbons (Fsp3) is 0.188. The standard InChI is InChI=1S/C16H13FO4/c17-13-8-11(16(18)19)5-6-15(13)20-9-12-7-10-3-1-2-4-14(10)21-12/h1-6,8,12H,7,9H2,(H,18,19). The van der Waals surface area contributed by atoms with E-state index in [-0.39, 0.29) is 24.0 Å². The Balaban J connectivity index is 1.63. The lowest BCUT2D eigenvalue weighted by Gasteiger charge is -2.13. The van der Waals surface area contributed by atoms with Crippen LogP contribution in [-0.4, -0.2) is 23.8 Å². The van der Waals surface area contributed by atoms with Crippen molar-refractivity contribution >= 4 is 5.97 Å². The van der Waals surface area contributed by atoms with Crippen molar-refractivity contribution in [3.05, 3.63) is 59.4 Å². The average Bonchev–Trinajstić information content (AvgIpc) is 2.88. The fourth-order valence-electron chi connectivity index (χ4n) is 2.28. The summed E-state index contributed by atoms with van der Waals surface area (Å²) >= 11 is 0. The van der Waals surface area contributed by atoms with Crippen LogP contribution in [0.3, 0.4) is 0 Å². The van der Waals surface area contributed by atoms with Crippen molar-refractivity contribution < 1.29 is 23.8 Å². The molecule has 0 amide bonds. The summed E-state index contributed by atoms with van der Waals surface area (Å²) in [4.78, 5) is 10.7. The van der Waals surface area contributed by atoms with E-state index in [1.54, 1.807) is 0 Å². The van der Waals surface area contributed by atoms with Crippen LogP contribution in [0.1, 0.15) is 15.9 Å². The van der Waals surface area contributed by atoms with Gasteiger partial charge in [0.15, 0.2) is 11.6 Å². The van der Waals surface area contributed by atoms with Crippen molar-refractivity contribution in [2.45, 2.75) is 12.5 Å². The van der Waals surface area contributed by atoms with Crippen molar-refractivity contribution in [3.8, 4) is 11.5 Å². The zero-order valence-electron chi connectivity index (χ0n) is 11.1. The number of hydrogen-bond donors (Lipinski definition) is 1. The van der Waals surface area contributed by atoms with Gasteiger partial charge < -0.3 is 14.6 Å². The fourth-order valence-corrected chi connectivity index (χ4v) is 2.28. The molecule has 108 valence electrons. The molecule has 1 aliphatic heterocycles. The second-order valence-corrected chi connectivity index (χ2v) is 4.81. The van der Waals surface area contributed by atoms with E-state index in [0.29, 0.717) is 6.42 Å². The Bertz CT molecular complexity index is 659. The van der Waals surface area contributed by atoms with Gasteiger partial charge in [0.1, 0.15) is 18.5 Å². The van der Waals surface area contributed by atoms with Gasteiger partial charge in [-0.15, -0.1) is 0 Å². The van der Waals surface area contributed by atoms with Gasteiger partial charge in [-0.25, -0.2) is 9.18 Å². The van der Waals surface area contributed by atoms with Crippen LogP contribution in [0.15, 0.2) is 42.5 Å². The maximum absolute atomic E-state index is 13.7. The predicted molar refractivity (Wildman–Crippen MR) is 73.4 cm³/mol. The highest BCUT2D eigenvalue weighted by atomic mass is 19.1. The minimum absolute atomic E-state index is 0.0274. The van der Waals surface area contributed by atoms with Crippen LogP contribution >= 0.6 is 0 Å². The largest absolute Gasteiger partial charge is 0.487 e. The van der Waals surface area contributed by atoms with Crippen LogP contribution in [0.5, 0.6) is 11.5 Å². The predicted octanol–water partition coefficient (Wildman–Crippen LogP) is 2.91. The average molecular weight is 288 g/mol. The van der Waals surface area contributed by atoms with Crippen LogP contribution < -0.4 is 9.47 Å². The van der Waals surface area contributed by atoms with Crippen molar-refractivity contribution in [1.29, 1.82) is 0 Å². The van der Waals surface area contributed by atoms with E-state index in [1.165, 1.54) is 12.1 Å². The number of carbonyl (C=O) groups is 1. The molecule has 1 atom stereocenters. The summed E-state index contributed by atoms with van der Waals surface area (Å²) in [7, 11) is 0. The summed E-state index contributed by atoms with van der Waals surface area (Å²) in [5, 5.41) is 8.78. The van der Waals surface area contributed by atoms with Crippen LogP contribution in [0.2, 0.25) is 0 Å². The van der Waals surface area contributed by atoms with Gasteiger partial charge in [-0.3, -0.25) is 0 Å². The van der Waals surface area contributed by atoms with E-state index in [4.69, 9.17) is 14.6 Å². The van der Waals surface area contributed by atoms with Gasteiger partial charge in [-0.2, -0.15) is 0 Å². The topological polar surface area (TPSA) is 55.8 Å². The van der Waals surface area contributed by atoms with Gasteiger partial charge in [-0.1, -0.05) is 18.2 Å². The molecule has 5 heteroatoms. The first-order valence-electron chi connectivity index (χ1n) is 6.53. The molecular weight excluding hydrogens is 275 g/mol. The van der Waals surface area contributed by atoms with Crippen molar-refractivity contribution in [2.75, 3.05) is 6.61 Å². The van der Waals surface area contributed by atoms with Crippen LogP contribution in [-0.2, 0) is 6.42 Å². The smallest absolute Gasteiger partial charge is 0.335 e. The van der Waals surface area contributed by atoms with E-state index in [2.05, 4.69) is 0 Å². The third-order valence-corrected chi connectivity index (χ3v) is 3.32. The van der Waals surface area contributed by atoms with Crippen LogP contribution in [0, 0.1) is 5.82 Å². The first-order chi connectivity index (χ1) is 10.1. The molecule has 1 aliphatic rings. The third kappa shape index (κ3) is 2.81. The first-order valence-corrected chi connectivity index (χ1v) is 6.53. The maximum Gasteiger partial charge on any atom is 0.335 e. The number of benzene rings is 2. The van der Waals surface area contributed by atoms with E-state index in [0.717, 1.165) is 17.4 Å². The number of hydrogen-bond acceptors (Lipinski definition) is 3.